The standard InChI is InChI=1S/C17H27N3/c1-16-7-12-6-13(8-16)10-17(9-12,11-16)15(18-2)14-4-5-20(3)19-14/h4-5,12-13,15,18H,6-11H2,1-3H3. The molecule has 1 heterocycles. The van der Waals surface area contributed by atoms with Crippen LogP contribution in [0.1, 0.15) is 57.2 Å². The van der Waals surface area contributed by atoms with Gasteiger partial charge in [-0.2, -0.15) is 5.10 Å². The fraction of sp³-hybridized carbons (Fsp3) is 0.824. The molecule has 4 fully saturated rings. The number of nitrogens with zero attached hydrogens (tertiary/aromatic N) is 2. The molecule has 4 bridgehead atoms. The molecule has 0 spiro atoms. The zero-order valence-corrected chi connectivity index (χ0v) is 13.0. The van der Waals surface area contributed by atoms with Crippen molar-refractivity contribution in [3.63, 3.8) is 0 Å². The Hall–Kier alpha value is -0.830. The Morgan fingerprint density at radius 3 is 2.50 bits per heavy atom. The van der Waals surface area contributed by atoms with E-state index in [2.05, 4.69) is 31.6 Å². The molecule has 1 aromatic rings. The van der Waals surface area contributed by atoms with Crippen LogP contribution in [0, 0.1) is 22.7 Å². The fourth-order valence-electron chi connectivity index (χ4n) is 6.49. The summed E-state index contributed by atoms with van der Waals surface area (Å²) in [5, 5.41) is 8.35. The first-order valence-electron chi connectivity index (χ1n) is 8.19. The van der Waals surface area contributed by atoms with E-state index < -0.39 is 0 Å². The van der Waals surface area contributed by atoms with Gasteiger partial charge in [-0.3, -0.25) is 4.68 Å². The van der Waals surface area contributed by atoms with Crippen molar-refractivity contribution in [3.05, 3.63) is 18.0 Å². The van der Waals surface area contributed by atoms with E-state index in [1.807, 2.05) is 11.7 Å². The lowest BCUT2D eigenvalue weighted by Gasteiger charge is -2.63. The van der Waals surface area contributed by atoms with Gasteiger partial charge in [-0.05, 0) is 74.3 Å². The number of hydrogen-bond acceptors (Lipinski definition) is 2. The van der Waals surface area contributed by atoms with Crippen LogP contribution < -0.4 is 5.32 Å². The minimum atomic E-state index is 0.439. The first kappa shape index (κ1) is 12.9. The molecule has 3 atom stereocenters. The zero-order valence-electron chi connectivity index (χ0n) is 13.0. The number of hydrogen-bond donors (Lipinski definition) is 1. The number of aromatic nitrogens is 2. The van der Waals surface area contributed by atoms with Crippen LogP contribution in [0.2, 0.25) is 0 Å². The highest BCUT2D eigenvalue weighted by Crippen LogP contribution is 2.68. The second-order valence-corrected chi connectivity index (χ2v) is 8.27. The van der Waals surface area contributed by atoms with Gasteiger partial charge in [-0.25, -0.2) is 0 Å². The Morgan fingerprint density at radius 2 is 2.00 bits per heavy atom. The van der Waals surface area contributed by atoms with E-state index >= 15 is 0 Å². The van der Waals surface area contributed by atoms with E-state index in [1.165, 1.54) is 44.2 Å². The third-order valence-electron chi connectivity index (χ3n) is 6.33. The highest BCUT2D eigenvalue weighted by atomic mass is 15.3. The zero-order chi connectivity index (χ0) is 14.0. The van der Waals surface area contributed by atoms with Gasteiger partial charge in [0.1, 0.15) is 0 Å². The average molecular weight is 273 g/mol. The van der Waals surface area contributed by atoms with Gasteiger partial charge in [-0.1, -0.05) is 6.92 Å². The summed E-state index contributed by atoms with van der Waals surface area (Å²) in [5.41, 5.74) is 2.32. The van der Waals surface area contributed by atoms with Gasteiger partial charge in [-0.15, -0.1) is 0 Å². The molecule has 1 N–H and O–H groups in total. The molecular formula is C17H27N3. The molecule has 110 valence electrons. The highest BCUT2D eigenvalue weighted by molar-refractivity contribution is 5.17. The van der Waals surface area contributed by atoms with Crippen molar-refractivity contribution >= 4 is 0 Å². The topological polar surface area (TPSA) is 29.9 Å². The van der Waals surface area contributed by atoms with E-state index in [9.17, 15) is 0 Å². The van der Waals surface area contributed by atoms with Crippen LogP contribution in [0.15, 0.2) is 12.3 Å². The van der Waals surface area contributed by atoms with Crippen LogP contribution in [-0.2, 0) is 7.05 Å². The van der Waals surface area contributed by atoms with Gasteiger partial charge in [0.2, 0.25) is 0 Å². The van der Waals surface area contributed by atoms with Crippen molar-refractivity contribution in [2.24, 2.45) is 29.7 Å². The van der Waals surface area contributed by atoms with Gasteiger partial charge in [0.05, 0.1) is 11.7 Å². The third kappa shape index (κ3) is 1.78. The molecular weight excluding hydrogens is 246 g/mol. The summed E-state index contributed by atoms with van der Waals surface area (Å²) in [6.07, 6.45) is 10.8. The van der Waals surface area contributed by atoms with Crippen LogP contribution in [0.25, 0.3) is 0 Å². The average Bonchev–Trinajstić information content (AvgIpc) is 2.72. The Balaban J connectivity index is 1.72. The monoisotopic (exact) mass is 273 g/mol. The molecule has 0 aromatic carbocycles. The minimum Gasteiger partial charge on any atom is -0.311 e. The molecule has 0 aliphatic heterocycles. The molecule has 3 heteroatoms. The molecule has 3 nitrogen and oxygen atoms in total. The summed E-state index contributed by atoms with van der Waals surface area (Å²) < 4.78 is 1.95. The third-order valence-corrected chi connectivity index (χ3v) is 6.33. The number of aryl methyl sites for hydroxylation is 1. The molecule has 5 rings (SSSR count). The SMILES string of the molecule is CNC(c1ccn(C)n1)C12CC3CC(CC(C)(C3)C1)C2. The van der Waals surface area contributed by atoms with E-state index in [0.717, 1.165) is 11.8 Å². The van der Waals surface area contributed by atoms with Crippen LogP contribution in [-0.4, -0.2) is 16.8 Å². The highest BCUT2D eigenvalue weighted by Gasteiger charge is 2.58. The van der Waals surface area contributed by atoms with E-state index in [0.29, 0.717) is 16.9 Å². The molecule has 20 heavy (non-hydrogen) atoms. The van der Waals surface area contributed by atoms with Gasteiger partial charge in [0.15, 0.2) is 0 Å². The fourth-order valence-corrected chi connectivity index (χ4v) is 6.49. The van der Waals surface area contributed by atoms with Crippen molar-refractivity contribution in [2.45, 2.75) is 51.5 Å². The summed E-state index contributed by atoms with van der Waals surface area (Å²) in [6.45, 7) is 2.55. The first-order chi connectivity index (χ1) is 9.52. The summed E-state index contributed by atoms with van der Waals surface area (Å²) in [7, 11) is 4.15. The van der Waals surface area contributed by atoms with E-state index in [-0.39, 0.29) is 0 Å². The number of rotatable bonds is 3. The lowest BCUT2D eigenvalue weighted by molar-refractivity contribution is -0.118. The Bertz CT molecular complexity index is 504. The Kier molecular flexibility index (Phi) is 2.64. The maximum atomic E-state index is 4.72. The van der Waals surface area contributed by atoms with Crippen LogP contribution in [0.5, 0.6) is 0 Å². The van der Waals surface area contributed by atoms with Gasteiger partial charge < -0.3 is 5.32 Å². The van der Waals surface area contributed by atoms with Gasteiger partial charge in [0.25, 0.3) is 0 Å². The summed E-state index contributed by atoms with van der Waals surface area (Å²) >= 11 is 0. The van der Waals surface area contributed by atoms with E-state index in [1.54, 1.807) is 0 Å². The van der Waals surface area contributed by atoms with Crippen LogP contribution in [0.3, 0.4) is 0 Å². The summed E-state index contributed by atoms with van der Waals surface area (Å²) in [5.74, 6) is 1.95. The molecule has 1 aromatic heterocycles. The molecule has 4 aliphatic rings. The van der Waals surface area contributed by atoms with Gasteiger partial charge >= 0.3 is 0 Å². The molecule has 3 unspecified atom stereocenters. The molecule has 0 amide bonds. The summed E-state index contributed by atoms with van der Waals surface area (Å²) in [6, 6.07) is 2.65. The normalized spacial score (nSPS) is 44.0. The second kappa shape index (κ2) is 4.09. The molecule has 0 saturated heterocycles. The maximum Gasteiger partial charge on any atom is 0.0799 e. The van der Waals surface area contributed by atoms with Gasteiger partial charge in [0, 0.05) is 13.2 Å². The molecule has 4 aliphatic carbocycles. The predicted molar refractivity (Wildman–Crippen MR) is 80.2 cm³/mol. The van der Waals surface area contributed by atoms with E-state index in [4.69, 9.17) is 5.10 Å². The smallest absolute Gasteiger partial charge is 0.0799 e. The van der Waals surface area contributed by atoms with Crippen LogP contribution in [0.4, 0.5) is 0 Å². The van der Waals surface area contributed by atoms with Crippen molar-refractivity contribution in [3.8, 4) is 0 Å². The predicted octanol–water partition coefficient (Wildman–Crippen LogP) is 3.29. The van der Waals surface area contributed by atoms with Crippen molar-refractivity contribution in [1.29, 1.82) is 0 Å². The van der Waals surface area contributed by atoms with Crippen molar-refractivity contribution in [1.82, 2.24) is 15.1 Å². The minimum absolute atomic E-state index is 0.439. The maximum absolute atomic E-state index is 4.72. The Labute approximate surface area is 122 Å². The lowest BCUT2D eigenvalue weighted by atomic mass is 9.43. The van der Waals surface area contributed by atoms with Crippen molar-refractivity contribution in [2.75, 3.05) is 7.05 Å². The lowest BCUT2D eigenvalue weighted by Crippen LogP contribution is -2.55. The van der Waals surface area contributed by atoms with Crippen molar-refractivity contribution < 1.29 is 0 Å². The van der Waals surface area contributed by atoms with Crippen LogP contribution >= 0.6 is 0 Å². The summed E-state index contributed by atoms with van der Waals surface area (Å²) in [4.78, 5) is 0. The number of nitrogens with one attached hydrogen (secondary N) is 1. The quantitative estimate of drug-likeness (QED) is 0.916. The molecule has 4 saturated carbocycles. The second-order valence-electron chi connectivity index (χ2n) is 8.27. The first-order valence-corrected chi connectivity index (χ1v) is 8.19. The largest absolute Gasteiger partial charge is 0.311 e. The Morgan fingerprint density at radius 1 is 1.30 bits per heavy atom. The molecule has 0 radical (unpaired) electrons.